The molecule has 0 heterocycles. The van der Waals surface area contributed by atoms with E-state index in [0.29, 0.717) is 0 Å². The van der Waals surface area contributed by atoms with Crippen molar-refractivity contribution < 1.29 is 18.4 Å². The van der Waals surface area contributed by atoms with Crippen LogP contribution in [0, 0.1) is 11.6 Å². The molecule has 0 aliphatic carbocycles. The molecule has 156 valence electrons. The van der Waals surface area contributed by atoms with Gasteiger partial charge in [-0.05, 0) is 45.9 Å². The summed E-state index contributed by atoms with van der Waals surface area (Å²) >= 11 is 6.04. The van der Waals surface area contributed by atoms with Crippen molar-refractivity contribution in [1.82, 2.24) is 10.2 Å². The van der Waals surface area contributed by atoms with Gasteiger partial charge in [-0.3, -0.25) is 9.59 Å². The molecule has 1 atom stereocenters. The van der Waals surface area contributed by atoms with Crippen LogP contribution in [0.1, 0.15) is 38.8 Å². The summed E-state index contributed by atoms with van der Waals surface area (Å²) in [5.41, 5.74) is -0.204. The van der Waals surface area contributed by atoms with E-state index in [1.165, 1.54) is 29.2 Å². The van der Waals surface area contributed by atoms with Gasteiger partial charge in [-0.2, -0.15) is 0 Å². The van der Waals surface area contributed by atoms with Crippen LogP contribution in [0.25, 0.3) is 0 Å². The van der Waals surface area contributed by atoms with Gasteiger partial charge in [-0.25, -0.2) is 8.78 Å². The number of halogens is 3. The second-order valence-corrected chi connectivity index (χ2v) is 8.31. The second-order valence-electron chi connectivity index (χ2n) is 7.91. The molecule has 0 radical (unpaired) electrons. The van der Waals surface area contributed by atoms with Gasteiger partial charge in [0, 0.05) is 28.2 Å². The van der Waals surface area contributed by atoms with Crippen LogP contribution < -0.4 is 5.32 Å². The van der Waals surface area contributed by atoms with Crippen LogP contribution in [-0.2, 0) is 22.6 Å². The Bertz CT molecular complexity index is 876. The van der Waals surface area contributed by atoms with Crippen molar-refractivity contribution in [2.24, 2.45) is 0 Å². The van der Waals surface area contributed by atoms with Gasteiger partial charge in [0.1, 0.15) is 17.7 Å². The third-order valence-electron chi connectivity index (χ3n) is 4.35. The van der Waals surface area contributed by atoms with Crippen molar-refractivity contribution in [3.05, 3.63) is 70.2 Å². The van der Waals surface area contributed by atoms with E-state index in [4.69, 9.17) is 11.6 Å². The van der Waals surface area contributed by atoms with E-state index >= 15 is 0 Å². The van der Waals surface area contributed by atoms with Gasteiger partial charge in [0.2, 0.25) is 11.8 Å². The van der Waals surface area contributed by atoms with Crippen LogP contribution >= 0.6 is 11.6 Å². The van der Waals surface area contributed by atoms with Gasteiger partial charge in [-0.15, -0.1) is 0 Å². The molecule has 2 aromatic rings. The molecule has 1 N–H and O–H groups in total. The fourth-order valence-electron chi connectivity index (χ4n) is 2.82. The molecule has 1 unspecified atom stereocenters. The van der Waals surface area contributed by atoms with Crippen molar-refractivity contribution in [2.75, 3.05) is 0 Å². The highest BCUT2D eigenvalue weighted by Crippen LogP contribution is 2.22. The minimum absolute atomic E-state index is 0.0427. The summed E-state index contributed by atoms with van der Waals surface area (Å²) in [6.07, 6.45) is -0.340. The molecular weight excluding hydrogens is 398 g/mol. The van der Waals surface area contributed by atoms with Gasteiger partial charge in [0.15, 0.2) is 0 Å². The Balaban J connectivity index is 2.34. The first-order valence-corrected chi connectivity index (χ1v) is 9.65. The first-order valence-electron chi connectivity index (χ1n) is 9.27. The van der Waals surface area contributed by atoms with E-state index in [0.717, 1.165) is 0 Å². The summed E-state index contributed by atoms with van der Waals surface area (Å²) in [4.78, 5) is 26.9. The molecule has 0 spiro atoms. The van der Waals surface area contributed by atoms with Gasteiger partial charge in [0.25, 0.3) is 0 Å². The van der Waals surface area contributed by atoms with Crippen LogP contribution in [0.2, 0.25) is 5.02 Å². The van der Waals surface area contributed by atoms with E-state index < -0.39 is 29.1 Å². The Kier molecular flexibility index (Phi) is 7.36. The molecule has 0 saturated carbocycles. The smallest absolute Gasteiger partial charge is 0.242 e. The van der Waals surface area contributed by atoms with Crippen molar-refractivity contribution in [3.8, 4) is 0 Å². The molecule has 2 aromatic carbocycles. The van der Waals surface area contributed by atoms with E-state index in [9.17, 15) is 18.4 Å². The number of hydrogen-bond donors (Lipinski definition) is 1. The Labute approximate surface area is 174 Å². The average molecular weight is 423 g/mol. The SMILES string of the molecule is CC(C(=O)NC(C)(C)C)N(Cc1ccccc1F)C(=O)Cc1c(F)cccc1Cl. The van der Waals surface area contributed by atoms with Crippen molar-refractivity contribution in [1.29, 1.82) is 0 Å². The monoisotopic (exact) mass is 422 g/mol. The van der Waals surface area contributed by atoms with Gasteiger partial charge in [-0.1, -0.05) is 35.9 Å². The highest BCUT2D eigenvalue weighted by molar-refractivity contribution is 6.31. The van der Waals surface area contributed by atoms with E-state index in [-0.39, 0.29) is 35.0 Å². The molecule has 2 amide bonds. The van der Waals surface area contributed by atoms with Crippen molar-refractivity contribution in [3.63, 3.8) is 0 Å². The molecule has 0 fully saturated rings. The number of amides is 2. The number of hydrogen-bond acceptors (Lipinski definition) is 2. The molecule has 0 saturated heterocycles. The average Bonchev–Trinajstić information content (AvgIpc) is 2.62. The van der Waals surface area contributed by atoms with Crippen molar-refractivity contribution in [2.45, 2.75) is 52.2 Å². The second kappa shape index (κ2) is 9.35. The quantitative estimate of drug-likeness (QED) is 0.745. The zero-order chi connectivity index (χ0) is 21.8. The maximum atomic E-state index is 14.2. The van der Waals surface area contributed by atoms with Gasteiger partial charge in [0.05, 0.1) is 6.42 Å². The number of benzene rings is 2. The van der Waals surface area contributed by atoms with Crippen LogP contribution in [-0.4, -0.2) is 28.3 Å². The molecule has 4 nitrogen and oxygen atoms in total. The third-order valence-corrected chi connectivity index (χ3v) is 4.71. The molecule has 0 aliphatic rings. The summed E-state index contributed by atoms with van der Waals surface area (Å²) in [5.74, 6) is -2.01. The fraction of sp³-hybridized carbons (Fsp3) is 0.364. The van der Waals surface area contributed by atoms with Crippen LogP contribution in [0.5, 0.6) is 0 Å². The highest BCUT2D eigenvalue weighted by atomic mass is 35.5. The van der Waals surface area contributed by atoms with Crippen molar-refractivity contribution >= 4 is 23.4 Å². The van der Waals surface area contributed by atoms with Crippen LogP contribution in [0.4, 0.5) is 8.78 Å². The number of nitrogens with zero attached hydrogens (tertiary/aromatic N) is 1. The zero-order valence-electron chi connectivity index (χ0n) is 16.9. The highest BCUT2D eigenvalue weighted by Gasteiger charge is 2.29. The van der Waals surface area contributed by atoms with E-state index in [1.807, 2.05) is 20.8 Å². The third kappa shape index (κ3) is 6.26. The molecule has 7 heteroatoms. The summed E-state index contributed by atoms with van der Waals surface area (Å²) in [7, 11) is 0. The lowest BCUT2D eigenvalue weighted by atomic mass is 10.1. The Morgan fingerprint density at radius 2 is 1.69 bits per heavy atom. The largest absolute Gasteiger partial charge is 0.350 e. The van der Waals surface area contributed by atoms with Crippen LogP contribution in [0.15, 0.2) is 42.5 Å². The molecule has 0 aromatic heterocycles. The number of rotatable bonds is 6. The zero-order valence-corrected chi connectivity index (χ0v) is 17.7. The first-order chi connectivity index (χ1) is 13.5. The normalized spacial score (nSPS) is 12.4. The van der Waals surface area contributed by atoms with Crippen LogP contribution in [0.3, 0.4) is 0 Å². The Hall–Kier alpha value is -2.47. The molecule has 2 rings (SSSR count). The number of carbonyl (C=O) groups excluding carboxylic acids is 2. The lowest BCUT2D eigenvalue weighted by Crippen LogP contribution is -2.52. The number of carbonyl (C=O) groups is 2. The first kappa shape index (κ1) is 22.8. The van der Waals surface area contributed by atoms with E-state index in [1.54, 1.807) is 25.1 Å². The fourth-order valence-corrected chi connectivity index (χ4v) is 3.05. The maximum absolute atomic E-state index is 14.2. The minimum atomic E-state index is -0.896. The molecule has 0 bridgehead atoms. The summed E-state index contributed by atoms with van der Waals surface area (Å²) in [6, 6.07) is 9.27. The Morgan fingerprint density at radius 1 is 1.07 bits per heavy atom. The molecule has 0 aliphatic heterocycles. The minimum Gasteiger partial charge on any atom is -0.350 e. The van der Waals surface area contributed by atoms with Gasteiger partial charge >= 0.3 is 0 Å². The number of nitrogens with one attached hydrogen (secondary N) is 1. The van der Waals surface area contributed by atoms with E-state index in [2.05, 4.69) is 5.32 Å². The van der Waals surface area contributed by atoms with Gasteiger partial charge < -0.3 is 10.2 Å². The Morgan fingerprint density at radius 3 is 2.28 bits per heavy atom. The molecular formula is C22H25ClF2N2O2. The predicted octanol–water partition coefficient (Wildman–Crippen LogP) is 4.49. The summed E-state index contributed by atoms with van der Waals surface area (Å²) in [6.45, 7) is 6.89. The standard InChI is InChI=1S/C22H25ClF2N2O2/c1-14(21(29)26-22(2,3)4)27(13-15-8-5-6-10-18(15)24)20(28)12-16-17(23)9-7-11-19(16)25/h5-11,14H,12-13H2,1-4H3,(H,26,29). The predicted molar refractivity (Wildman–Crippen MR) is 109 cm³/mol. The maximum Gasteiger partial charge on any atom is 0.242 e. The lowest BCUT2D eigenvalue weighted by molar-refractivity contribution is -0.140. The molecule has 29 heavy (non-hydrogen) atoms. The summed E-state index contributed by atoms with van der Waals surface area (Å²) in [5, 5.41) is 2.94. The lowest BCUT2D eigenvalue weighted by Gasteiger charge is -2.31. The summed E-state index contributed by atoms with van der Waals surface area (Å²) < 4.78 is 28.3. The topological polar surface area (TPSA) is 49.4 Å².